The van der Waals surface area contributed by atoms with Crippen LogP contribution < -0.4 is 21.4 Å². The largest absolute Gasteiger partial charge is 0.494 e. The zero-order valence-electron chi connectivity index (χ0n) is 15.8. The molecule has 0 spiro atoms. The molecular formula is C18H22N6O3. The van der Waals surface area contributed by atoms with Crippen LogP contribution in [0.3, 0.4) is 0 Å². The van der Waals surface area contributed by atoms with Gasteiger partial charge >= 0.3 is 5.69 Å². The van der Waals surface area contributed by atoms with Gasteiger partial charge in [0.05, 0.1) is 12.8 Å². The highest BCUT2D eigenvalue weighted by molar-refractivity contribution is 5.80. The summed E-state index contributed by atoms with van der Waals surface area (Å²) in [7, 11) is 3.30. The van der Waals surface area contributed by atoms with Gasteiger partial charge in [-0.3, -0.25) is 13.9 Å². The highest BCUT2D eigenvalue weighted by Crippen LogP contribution is 2.14. The van der Waals surface area contributed by atoms with Gasteiger partial charge in [0.15, 0.2) is 11.2 Å². The molecule has 2 aromatic heterocycles. The van der Waals surface area contributed by atoms with Crippen molar-refractivity contribution in [2.75, 3.05) is 12.0 Å². The molecule has 0 unspecified atom stereocenters. The Hall–Kier alpha value is -3.36. The molecule has 0 bridgehead atoms. The third-order valence-electron chi connectivity index (χ3n) is 4.25. The van der Waals surface area contributed by atoms with Crippen molar-refractivity contribution in [2.24, 2.45) is 19.2 Å². The standard InChI is InChI=1S/C18H22N6O3/c1-5-24-16(25)14-15(23(4)18(24)26)20-17(22(14)3)21-19-11-12-7-9-13(10-8-12)27-6-2/h7-11H,5-6H2,1-4H3,(H,20,21)/b19-11+. The molecule has 142 valence electrons. The van der Waals surface area contributed by atoms with Crippen molar-refractivity contribution in [2.45, 2.75) is 20.4 Å². The second kappa shape index (κ2) is 7.48. The third kappa shape index (κ3) is 3.35. The first-order valence-corrected chi connectivity index (χ1v) is 8.66. The smallest absolute Gasteiger partial charge is 0.332 e. The summed E-state index contributed by atoms with van der Waals surface area (Å²) < 4.78 is 9.54. The van der Waals surface area contributed by atoms with Crippen molar-refractivity contribution < 1.29 is 4.74 Å². The number of aromatic nitrogens is 4. The highest BCUT2D eigenvalue weighted by atomic mass is 16.5. The normalized spacial score (nSPS) is 11.4. The van der Waals surface area contributed by atoms with Crippen molar-refractivity contribution in [1.82, 2.24) is 18.7 Å². The Labute approximate surface area is 155 Å². The Morgan fingerprint density at radius 2 is 1.85 bits per heavy atom. The quantitative estimate of drug-likeness (QED) is 0.521. The molecule has 0 atom stereocenters. The van der Waals surface area contributed by atoms with Crippen LogP contribution in [0.5, 0.6) is 5.75 Å². The third-order valence-corrected chi connectivity index (χ3v) is 4.25. The van der Waals surface area contributed by atoms with Gasteiger partial charge in [-0.2, -0.15) is 10.1 Å². The first kappa shape index (κ1) is 18.4. The van der Waals surface area contributed by atoms with E-state index in [2.05, 4.69) is 15.5 Å². The van der Waals surface area contributed by atoms with Crippen LogP contribution in [0.2, 0.25) is 0 Å². The number of aryl methyl sites for hydroxylation is 2. The molecule has 0 fully saturated rings. The lowest BCUT2D eigenvalue weighted by atomic mass is 10.2. The second-order valence-corrected chi connectivity index (χ2v) is 5.93. The van der Waals surface area contributed by atoms with Crippen LogP contribution in [0.4, 0.5) is 5.95 Å². The molecular weight excluding hydrogens is 348 g/mol. The van der Waals surface area contributed by atoms with E-state index in [4.69, 9.17) is 4.74 Å². The van der Waals surface area contributed by atoms with Gasteiger partial charge in [-0.25, -0.2) is 10.2 Å². The summed E-state index contributed by atoms with van der Waals surface area (Å²) in [5, 5.41) is 4.17. The maximum Gasteiger partial charge on any atom is 0.332 e. The molecule has 0 saturated carbocycles. The predicted octanol–water partition coefficient (Wildman–Crippen LogP) is 1.30. The SMILES string of the molecule is CCOc1ccc(/C=N/Nc2nc3c(c(=O)n(CC)c(=O)n3C)n2C)cc1. The number of benzene rings is 1. The number of nitrogens with zero attached hydrogens (tertiary/aromatic N) is 5. The Bertz CT molecular complexity index is 1110. The molecule has 27 heavy (non-hydrogen) atoms. The fourth-order valence-corrected chi connectivity index (χ4v) is 2.80. The van der Waals surface area contributed by atoms with E-state index in [-0.39, 0.29) is 5.56 Å². The summed E-state index contributed by atoms with van der Waals surface area (Å²) in [5.41, 5.74) is 3.61. The number of rotatable bonds is 6. The first-order chi connectivity index (χ1) is 13.0. The molecule has 0 saturated heterocycles. The van der Waals surface area contributed by atoms with E-state index in [0.717, 1.165) is 11.3 Å². The maximum absolute atomic E-state index is 12.6. The minimum atomic E-state index is -0.391. The van der Waals surface area contributed by atoms with Crippen LogP contribution in [0.1, 0.15) is 19.4 Å². The van der Waals surface area contributed by atoms with Crippen LogP contribution in [-0.2, 0) is 20.6 Å². The van der Waals surface area contributed by atoms with Crippen LogP contribution in [0, 0.1) is 0 Å². The van der Waals surface area contributed by atoms with Gasteiger partial charge in [-0.1, -0.05) is 0 Å². The van der Waals surface area contributed by atoms with Crippen molar-refractivity contribution in [3.8, 4) is 5.75 Å². The number of ether oxygens (including phenoxy) is 1. The van der Waals surface area contributed by atoms with Gasteiger partial charge in [0.2, 0.25) is 5.95 Å². The summed E-state index contributed by atoms with van der Waals surface area (Å²) >= 11 is 0. The van der Waals surface area contributed by atoms with Crippen LogP contribution in [-0.4, -0.2) is 31.5 Å². The second-order valence-electron chi connectivity index (χ2n) is 5.93. The molecule has 0 amide bonds. The topological polar surface area (TPSA) is 95.4 Å². The Morgan fingerprint density at radius 3 is 2.48 bits per heavy atom. The van der Waals surface area contributed by atoms with E-state index in [1.165, 1.54) is 9.13 Å². The molecule has 2 heterocycles. The average molecular weight is 370 g/mol. The van der Waals surface area contributed by atoms with E-state index in [9.17, 15) is 9.59 Å². The molecule has 0 aliphatic heterocycles. The molecule has 9 nitrogen and oxygen atoms in total. The van der Waals surface area contributed by atoms with E-state index >= 15 is 0 Å². The minimum Gasteiger partial charge on any atom is -0.494 e. The monoisotopic (exact) mass is 370 g/mol. The fraction of sp³-hybridized carbons (Fsp3) is 0.333. The zero-order valence-corrected chi connectivity index (χ0v) is 15.8. The number of hydrazone groups is 1. The molecule has 3 rings (SSSR count). The lowest BCUT2D eigenvalue weighted by Crippen LogP contribution is -2.39. The lowest BCUT2D eigenvalue weighted by Gasteiger charge is -2.05. The lowest BCUT2D eigenvalue weighted by molar-refractivity contribution is 0.340. The molecule has 0 radical (unpaired) electrons. The summed E-state index contributed by atoms with van der Waals surface area (Å²) in [6.07, 6.45) is 1.64. The van der Waals surface area contributed by atoms with Crippen molar-refractivity contribution in [3.63, 3.8) is 0 Å². The average Bonchev–Trinajstić information content (AvgIpc) is 2.99. The van der Waals surface area contributed by atoms with Crippen LogP contribution >= 0.6 is 0 Å². The summed E-state index contributed by atoms with van der Waals surface area (Å²) in [6, 6.07) is 7.50. The number of hydrogen-bond acceptors (Lipinski definition) is 6. The zero-order chi connectivity index (χ0) is 19.6. The van der Waals surface area contributed by atoms with E-state index in [0.29, 0.717) is 30.3 Å². The van der Waals surface area contributed by atoms with Gasteiger partial charge in [-0.15, -0.1) is 0 Å². The molecule has 3 aromatic rings. The van der Waals surface area contributed by atoms with Crippen molar-refractivity contribution >= 4 is 23.3 Å². The summed E-state index contributed by atoms with van der Waals surface area (Å²) in [6.45, 7) is 4.60. The first-order valence-electron chi connectivity index (χ1n) is 8.66. The highest BCUT2D eigenvalue weighted by Gasteiger charge is 2.17. The minimum absolute atomic E-state index is 0.297. The van der Waals surface area contributed by atoms with Crippen LogP contribution in [0.15, 0.2) is 39.0 Å². The molecule has 1 aromatic carbocycles. The van der Waals surface area contributed by atoms with E-state index in [1.54, 1.807) is 31.8 Å². The number of fused-ring (bicyclic) bond motifs is 1. The number of hydrogen-bond donors (Lipinski definition) is 1. The Balaban J connectivity index is 1.90. The van der Waals surface area contributed by atoms with Crippen molar-refractivity contribution in [3.05, 3.63) is 50.7 Å². The van der Waals surface area contributed by atoms with Gasteiger partial charge in [-0.05, 0) is 43.7 Å². The molecule has 1 N–H and O–H groups in total. The predicted molar refractivity (Wildman–Crippen MR) is 105 cm³/mol. The molecule has 9 heteroatoms. The van der Waals surface area contributed by atoms with Gasteiger partial charge < -0.3 is 9.30 Å². The van der Waals surface area contributed by atoms with Gasteiger partial charge in [0.1, 0.15) is 5.75 Å². The summed E-state index contributed by atoms with van der Waals surface area (Å²) in [5.74, 6) is 1.17. The molecule has 0 aliphatic carbocycles. The molecule has 0 aliphatic rings. The van der Waals surface area contributed by atoms with E-state index in [1.807, 2.05) is 31.2 Å². The van der Waals surface area contributed by atoms with E-state index < -0.39 is 5.69 Å². The Morgan fingerprint density at radius 1 is 1.15 bits per heavy atom. The number of anilines is 1. The maximum atomic E-state index is 12.6. The van der Waals surface area contributed by atoms with Crippen LogP contribution in [0.25, 0.3) is 11.2 Å². The Kier molecular flexibility index (Phi) is 5.11. The van der Waals surface area contributed by atoms with Crippen molar-refractivity contribution in [1.29, 1.82) is 0 Å². The van der Waals surface area contributed by atoms with Gasteiger partial charge in [0.25, 0.3) is 5.56 Å². The number of nitrogens with one attached hydrogen (secondary N) is 1. The fourth-order valence-electron chi connectivity index (χ4n) is 2.80. The van der Waals surface area contributed by atoms with Gasteiger partial charge in [0, 0.05) is 20.6 Å². The summed E-state index contributed by atoms with van der Waals surface area (Å²) in [4.78, 5) is 29.1. The number of imidazole rings is 1.